The molecule has 0 aliphatic rings. The zero-order valence-corrected chi connectivity index (χ0v) is 9.74. The van der Waals surface area contributed by atoms with E-state index in [-0.39, 0.29) is 0 Å². The van der Waals surface area contributed by atoms with Gasteiger partial charge >= 0.3 is 0 Å². The molecular weight excluding hydrogens is 192 g/mol. The molecule has 1 aromatic carbocycles. The van der Waals surface area contributed by atoms with Gasteiger partial charge in [-0.1, -0.05) is 33.8 Å². The third-order valence-electron chi connectivity index (χ3n) is 1.25. The van der Waals surface area contributed by atoms with Gasteiger partial charge in [0.1, 0.15) is 0 Å². The van der Waals surface area contributed by atoms with Crippen molar-refractivity contribution in [3.63, 3.8) is 0 Å². The van der Waals surface area contributed by atoms with Gasteiger partial charge in [0, 0.05) is 11.3 Å². The molecule has 1 rings (SSSR count). The van der Waals surface area contributed by atoms with E-state index >= 15 is 0 Å². The number of hydrogen-bond acceptors (Lipinski definition) is 3. The molecule has 4 nitrogen and oxygen atoms in total. The molecule has 1 amide bonds. The van der Waals surface area contributed by atoms with Crippen molar-refractivity contribution < 1.29 is 10.0 Å². The predicted octanol–water partition coefficient (Wildman–Crippen LogP) is 2.44. The van der Waals surface area contributed by atoms with Crippen molar-refractivity contribution in [2.45, 2.75) is 27.7 Å². The van der Waals surface area contributed by atoms with E-state index in [4.69, 9.17) is 10.9 Å². The summed E-state index contributed by atoms with van der Waals surface area (Å²) in [6.07, 6.45) is 0. The number of nitrogens with two attached hydrogens (primary N) is 1. The van der Waals surface area contributed by atoms with Crippen molar-refractivity contribution in [2.24, 2.45) is 0 Å². The smallest absolute Gasteiger partial charge is 0.274 e. The van der Waals surface area contributed by atoms with E-state index in [1.807, 2.05) is 27.7 Å². The summed E-state index contributed by atoms with van der Waals surface area (Å²) in [5.41, 5.74) is 7.74. The number of rotatable bonds is 1. The number of nitrogens with one attached hydrogen (secondary N) is 1. The van der Waals surface area contributed by atoms with Crippen LogP contribution in [0.15, 0.2) is 24.3 Å². The fourth-order valence-electron chi connectivity index (χ4n) is 0.744. The van der Waals surface area contributed by atoms with Crippen LogP contribution >= 0.6 is 0 Å². The van der Waals surface area contributed by atoms with Gasteiger partial charge in [-0.3, -0.25) is 10.0 Å². The number of carbonyl (C=O) groups is 1. The Labute approximate surface area is 91.1 Å². The average Bonchev–Trinajstić information content (AvgIpc) is 2.33. The van der Waals surface area contributed by atoms with E-state index in [0.29, 0.717) is 11.3 Å². The first kappa shape index (κ1) is 15.9. The lowest BCUT2D eigenvalue weighted by Gasteiger charge is -1.98. The number of benzene rings is 1. The molecule has 0 aliphatic carbocycles. The SMILES string of the molecule is CC.CC.Nc1cccc(C(=O)NO)c1. The number of hydrogen-bond donors (Lipinski definition) is 3. The Balaban J connectivity index is 0. The van der Waals surface area contributed by atoms with Crippen LogP contribution < -0.4 is 11.2 Å². The van der Waals surface area contributed by atoms with Crippen molar-refractivity contribution in [1.29, 1.82) is 0 Å². The van der Waals surface area contributed by atoms with E-state index < -0.39 is 5.91 Å². The second-order valence-electron chi connectivity index (χ2n) is 2.07. The Bertz CT molecular complexity index is 275. The first-order valence-electron chi connectivity index (χ1n) is 5.04. The Morgan fingerprint density at radius 3 is 2.20 bits per heavy atom. The van der Waals surface area contributed by atoms with Crippen LogP contribution in [0.2, 0.25) is 0 Å². The maximum atomic E-state index is 10.7. The van der Waals surface area contributed by atoms with Crippen LogP contribution in [0.5, 0.6) is 0 Å². The Morgan fingerprint density at radius 1 is 1.27 bits per heavy atom. The van der Waals surface area contributed by atoms with Crippen LogP contribution in [0.4, 0.5) is 5.69 Å². The summed E-state index contributed by atoms with van der Waals surface area (Å²) in [6.45, 7) is 8.00. The molecule has 0 radical (unpaired) electrons. The first-order chi connectivity index (χ1) is 7.24. The molecule has 86 valence electrons. The molecule has 0 unspecified atom stereocenters. The third-order valence-corrected chi connectivity index (χ3v) is 1.25. The standard InChI is InChI=1S/C7H8N2O2.2C2H6/c8-6-3-1-2-5(4-6)7(10)9-11;2*1-2/h1-4,11H,8H2,(H,9,10);2*1-2H3. The normalized spacial score (nSPS) is 7.53. The molecule has 0 saturated heterocycles. The molecular formula is C11H20N2O2. The van der Waals surface area contributed by atoms with Crippen LogP contribution in [0.1, 0.15) is 38.1 Å². The molecule has 0 aromatic heterocycles. The minimum atomic E-state index is -0.558. The highest BCUT2D eigenvalue weighted by atomic mass is 16.5. The summed E-state index contributed by atoms with van der Waals surface area (Å²) in [5.74, 6) is -0.558. The fraction of sp³-hybridized carbons (Fsp3) is 0.364. The average molecular weight is 212 g/mol. The molecule has 4 N–H and O–H groups in total. The number of anilines is 1. The molecule has 15 heavy (non-hydrogen) atoms. The van der Waals surface area contributed by atoms with Crippen LogP contribution in [-0.4, -0.2) is 11.1 Å². The predicted molar refractivity (Wildman–Crippen MR) is 62.8 cm³/mol. The summed E-state index contributed by atoms with van der Waals surface area (Å²) in [7, 11) is 0. The van der Waals surface area contributed by atoms with Gasteiger partial charge in [-0.2, -0.15) is 0 Å². The van der Waals surface area contributed by atoms with E-state index in [1.165, 1.54) is 11.5 Å². The lowest BCUT2D eigenvalue weighted by Crippen LogP contribution is -2.18. The van der Waals surface area contributed by atoms with Gasteiger partial charge in [0.15, 0.2) is 0 Å². The number of nitrogen functional groups attached to an aromatic ring is 1. The summed E-state index contributed by atoms with van der Waals surface area (Å²) < 4.78 is 0. The van der Waals surface area contributed by atoms with Crippen LogP contribution in [-0.2, 0) is 0 Å². The molecule has 0 aliphatic heterocycles. The highest BCUT2D eigenvalue weighted by Gasteiger charge is 2.01. The second kappa shape index (κ2) is 10.5. The maximum Gasteiger partial charge on any atom is 0.274 e. The minimum absolute atomic E-state index is 0.340. The zero-order chi connectivity index (χ0) is 12.3. The molecule has 4 heteroatoms. The largest absolute Gasteiger partial charge is 0.399 e. The van der Waals surface area contributed by atoms with Crippen molar-refractivity contribution in [3.8, 4) is 0 Å². The summed E-state index contributed by atoms with van der Waals surface area (Å²) in [5, 5.41) is 8.24. The molecule has 0 bridgehead atoms. The van der Waals surface area contributed by atoms with E-state index in [2.05, 4.69) is 0 Å². The molecule has 0 fully saturated rings. The van der Waals surface area contributed by atoms with Crippen LogP contribution in [0.25, 0.3) is 0 Å². The Morgan fingerprint density at radius 2 is 1.80 bits per heavy atom. The monoisotopic (exact) mass is 212 g/mol. The van der Waals surface area contributed by atoms with Gasteiger partial charge in [0.05, 0.1) is 0 Å². The van der Waals surface area contributed by atoms with Crippen molar-refractivity contribution >= 4 is 11.6 Å². The van der Waals surface area contributed by atoms with Gasteiger partial charge in [0.25, 0.3) is 5.91 Å². The van der Waals surface area contributed by atoms with Gasteiger partial charge in [-0.15, -0.1) is 0 Å². The third kappa shape index (κ3) is 6.51. The van der Waals surface area contributed by atoms with Gasteiger partial charge in [0.2, 0.25) is 0 Å². The van der Waals surface area contributed by atoms with Gasteiger partial charge in [-0.25, -0.2) is 5.48 Å². The van der Waals surface area contributed by atoms with Crippen LogP contribution in [0, 0.1) is 0 Å². The summed E-state index contributed by atoms with van der Waals surface area (Å²) in [4.78, 5) is 10.7. The highest BCUT2D eigenvalue weighted by Crippen LogP contribution is 2.05. The Kier molecular flexibility index (Phi) is 11.2. The first-order valence-corrected chi connectivity index (χ1v) is 5.04. The van der Waals surface area contributed by atoms with Crippen LogP contribution in [0.3, 0.4) is 0 Å². The van der Waals surface area contributed by atoms with E-state index in [1.54, 1.807) is 18.2 Å². The second-order valence-corrected chi connectivity index (χ2v) is 2.07. The zero-order valence-electron chi connectivity index (χ0n) is 9.74. The lowest BCUT2D eigenvalue weighted by atomic mass is 10.2. The van der Waals surface area contributed by atoms with Gasteiger partial charge < -0.3 is 5.73 Å². The van der Waals surface area contributed by atoms with Crippen molar-refractivity contribution in [3.05, 3.63) is 29.8 Å². The number of carbonyl (C=O) groups excluding carboxylic acids is 1. The molecule has 1 aromatic rings. The molecule has 0 saturated carbocycles. The van der Waals surface area contributed by atoms with Gasteiger partial charge in [-0.05, 0) is 18.2 Å². The number of hydroxylamine groups is 1. The number of amides is 1. The molecule has 0 atom stereocenters. The minimum Gasteiger partial charge on any atom is -0.399 e. The summed E-state index contributed by atoms with van der Waals surface area (Å²) in [6, 6.07) is 6.33. The quantitative estimate of drug-likeness (QED) is 0.380. The van der Waals surface area contributed by atoms with E-state index in [9.17, 15) is 4.79 Å². The van der Waals surface area contributed by atoms with Crippen molar-refractivity contribution in [2.75, 3.05) is 5.73 Å². The Hall–Kier alpha value is -1.55. The lowest BCUT2D eigenvalue weighted by molar-refractivity contribution is 0.0706. The molecule has 0 spiro atoms. The topological polar surface area (TPSA) is 75.4 Å². The van der Waals surface area contributed by atoms with Crippen molar-refractivity contribution in [1.82, 2.24) is 5.48 Å². The molecule has 0 heterocycles. The summed E-state index contributed by atoms with van der Waals surface area (Å²) >= 11 is 0. The maximum absolute atomic E-state index is 10.7. The fourth-order valence-corrected chi connectivity index (χ4v) is 0.744. The van der Waals surface area contributed by atoms with E-state index in [0.717, 1.165) is 0 Å². The highest BCUT2D eigenvalue weighted by molar-refractivity contribution is 5.94.